The van der Waals surface area contributed by atoms with Crippen LogP contribution in [-0.4, -0.2) is 17.5 Å². The Labute approximate surface area is 106 Å². The molecule has 1 aliphatic heterocycles. The number of hydrogen-bond donors (Lipinski definition) is 1. The number of amides is 1. The van der Waals surface area contributed by atoms with Crippen molar-refractivity contribution in [1.29, 1.82) is 0 Å². The van der Waals surface area contributed by atoms with Gasteiger partial charge < -0.3 is 0 Å². The van der Waals surface area contributed by atoms with Crippen LogP contribution >= 0.6 is 0 Å². The number of rotatable bonds is 3. The van der Waals surface area contributed by atoms with Crippen LogP contribution in [0.5, 0.6) is 0 Å². The van der Waals surface area contributed by atoms with Crippen molar-refractivity contribution < 1.29 is 4.79 Å². The van der Waals surface area contributed by atoms with Crippen LogP contribution in [0.25, 0.3) is 0 Å². The molecule has 1 N–H and O–H groups in total. The second-order valence-electron chi connectivity index (χ2n) is 4.39. The number of carbonyl (C=O) groups is 1. The molecule has 0 radical (unpaired) electrons. The summed E-state index contributed by atoms with van der Waals surface area (Å²) in [6.07, 6.45) is 0. The lowest BCUT2D eigenvalue weighted by Gasteiger charge is -2.38. The van der Waals surface area contributed by atoms with Gasteiger partial charge in [-0.05, 0) is 11.1 Å². The average molecular weight is 238 g/mol. The van der Waals surface area contributed by atoms with Crippen LogP contribution in [0.2, 0.25) is 0 Å². The van der Waals surface area contributed by atoms with Crippen molar-refractivity contribution in [1.82, 2.24) is 10.4 Å². The van der Waals surface area contributed by atoms with Crippen LogP contribution in [-0.2, 0) is 4.79 Å². The lowest BCUT2D eigenvalue weighted by Crippen LogP contribution is -2.59. The molecule has 0 unspecified atom stereocenters. The van der Waals surface area contributed by atoms with Gasteiger partial charge in [0.05, 0.1) is 12.6 Å². The Kier molecular flexibility index (Phi) is 2.82. The highest BCUT2D eigenvalue weighted by atomic mass is 16.2. The van der Waals surface area contributed by atoms with Crippen molar-refractivity contribution in [2.75, 3.05) is 6.54 Å². The summed E-state index contributed by atoms with van der Waals surface area (Å²) in [6.45, 7) is 0.453. The van der Waals surface area contributed by atoms with Gasteiger partial charge in [-0.2, -0.15) is 5.01 Å². The molecule has 0 atom stereocenters. The van der Waals surface area contributed by atoms with E-state index in [-0.39, 0.29) is 11.9 Å². The number of hydrazine groups is 1. The van der Waals surface area contributed by atoms with Crippen molar-refractivity contribution in [3.05, 3.63) is 71.8 Å². The molecule has 0 bridgehead atoms. The first kappa shape index (κ1) is 11.0. The maximum absolute atomic E-state index is 11.1. The highest BCUT2D eigenvalue weighted by molar-refractivity contribution is 5.82. The van der Waals surface area contributed by atoms with Crippen LogP contribution < -0.4 is 5.43 Å². The Morgan fingerprint density at radius 1 is 0.889 bits per heavy atom. The lowest BCUT2D eigenvalue weighted by molar-refractivity contribution is -0.141. The van der Waals surface area contributed by atoms with Gasteiger partial charge in [-0.3, -0.25) is 10.2 Å². The van der Waals surface area contributed by atoms with Gasteiger partial charge in [0, 0.05) is 0 Å². The lowest BCUT2D eigenvalue weighted by atomic mass is 9.97. The van der Waals surface area contributed by atoms with E-state index in [9.17, 15) is 4.79 Å². The molecule has 0 spiro atoms. The summed E-state index contributed by atoms with van der Waals surface area (Å²) >= 11 is 0. The number of nitrogens with one attached hydrogen (secondary N) is 1. The number of carbonyl (C=O) groups excluding carboxylic acids is 1. The fourth-order valence-corrected chi connectivity index (χ4v) is 2.28. The quantitative estimate of drug-likeness (QED) is 0.888. The van der Waals surface area contributed by atoms with Crippen LogP contribution in [0, 0.1) is 0 Å². The summed E-state index contributed by atoms with van der Waals surface area (Å²) in [5.41, 5.74) is 5.20. The minimum Gasteiger partial charge on any atom is -0.286 e. The Hall–Kier alpha value is -2.13. The number of nitrogens with zero attached hydrogens (tertiary/aromatic N) is 1. The zero-order valence-electron chi connectivity index (χ0n) is 9.91. The first-order chi connectivity index (χ1) is 8.84. The molecule has 1 amide bonds. The first-order valence-corrected chi connectivity index (χ1v) is 6.00. The smallest absolute Gasteiger partial charge is 0.250 e. The molecule has 0 aromatic heterocycles. The molecule has 3 rings (SSSR count). The molecule has 1 saturated heterocycles. The van der Waals surface area contributed by atoms with Crippen molar-refractivity contribution >= 4 is 5.91 Å². The fraction of sp³-hybridized carbons (Fsp3) is 0.133. The first-order valence-electron chi connectivity index (χ1n) is 6.00. The van der Waals surface area contributed by atoms with Gasteiger partial charge in [0.25, 0.3) is 0 Å². The maximum Gasteiger partial charge on any atom is 0.250 e. The summed E-state index contributed by atoms with van der Waals surface area (Å²) in [5.74, 6) is 0.0758. The third-order valence-corrected chi connectivity index (χ3v) is 3.12. The van der Waals surface area contributed by atoms with Crippen LogP contribution in [0.1, 0.15) is 17.2 Å². The third kappa shape index (κ3) is 2.00. The average Bonchev–Trinajstić information content (AvgIpc) is 2.40. The van der Waals surface area contributed by atoms with E-state index in [4.69, 9.17) is 0 Å². The largest absolute Gasteiger partial charge is 0.286 e. The molecule has 90 valence electrons. The van der Waals surface area contributed by atoms with Gasteiger partial charge in [0.15, 0.2) is 0 Å². The van der Waals surface area contributed by atoms with Crippen molar-refractivity contribution in [2.24, 2.45) is 0 Å². The SMILES string of the molecule is O=C1CN(C(c2ccccc2)c2ccccc2)N1. The van der Waals surface area contributed by atoms with E-state index in [1.807, 2.05) is 41.4 Å². The van der Waals surface area contributed by atoms with E-state index in [0.717, 1.165) is 0 Å². The van der Waals surface area contributed by atoms with Gasteiger partial charge in [0.2, 0.25) is 5.91 Å². The normalized spacial score (nSPS) is 15.3. The maximum atomic E-state index is 11.1. The molecule has 2 aromatic rings. The predicted molar refractivity (Wildman–Crippen MR) is 69.6 cm³/mol. The van der Waals surface area contributed by atoms with Crippen molar-refractivity contribution in [2.45, 2.75) is 6.04 Å². The number of hydrogen-bond acceptors (Lipinski definition) is 2. The van der Waals surface area contributed by atoms with Crippen molar-refractivity contribution in [3.63, 3.8) is 0 Å². The summed E-state index contributed by atoms with van der Waals surface area (Å²) in [4.78, 5) is 11.1. The highest BCUT2D eigenvalue weighted by Crippen LogP contribution is 2.28. The van der Waals surface area contributed by atoms with E-state index < -0.39 is 0 Å². The Balaban J connectivity index is 1.97. The fourth-order valence-electron chi connectivity index (χ4n) is 2.28. The van der Waals surface area contributed by atoms with E-state index in [2.05, 4.69) is 29.7 Å². The molecule has 3 heteroatoms. The summed E-state index contributed by atoms with van der Waals surface area (Å²) in [7, 11) is 0. The second kappa shape index (κ2) is 4.63. The molecular weight excluding hydrogens is 224 g/mol. The molecule has 1 fully saturated rings. The zero-order chi connectivity index (χ0) is 12.4. The van der Waals surface area contributed by atoms with Gasteiger partial charge in [0.1, 0.15) is 0 Å². The monoisotopic (exact) mass is 238 g/mol. The molecule has 0 aliphatic carbocycles. The minimum absolute atomic E-state index is 0.0758. The van der Waals surface area contributed by atoms with E-state index in [0.29, 0.717) is 6.54 Å². The van der Waals surface area contributed by atoms with Gasteiger partial charge in [-0.1, -0.05) is 60.7 Å². The van der Waals surface area contributed by atoms with Crippen LogP contribution in [0.3, 0.4) is 0 Å². The Bertz CT molecular complexity index is 491. The van der Waals surface area contributed by atoms with E-state index >= 15 is 0 Å². The predicted octanol–water partition coefficient (Wildman–Crippen LogP) is 2.12. The summed E-state index contributed by atoms with van der Waals surface area (Å²) in [5, 5.41) is 1.97. The third-order valence-electron chi connectivity index (χ3n) is 3.12. The molecule has 0 saturated carbocycles. The zero-order valence-corrected chi connectivity index (χ0v) is 9.91. The topological polar surface area (TPSA) is 32.3 Å². The molecule has 1 aliphatic rings. The second-order valence-corrected chi connectivity index (χ2v) is 4.39. The van der Waals surface area contributed by atoms with Gasteiger partial charge >= 0.3 is 0 Å². The Morgan fingerprint density at radius 2 is 1.33 bits per heavy atom. The number of benzene rings is 2. The minimum atomic E-state index is 0.0758. The highest BCUT2D eigenvalue weighted by Gasteiger charge is 2.31. The summed E-state index contributed by atoms with van der Waals surface area (Å²) in [6, 6.07) is 20.5. The van der Waals surface area contributed by atoms with Gasteiger partial charge in [-0.15, -0.1) is 0 Å². The Morgan fingerprint density at radius 3 is 1.72 bits per heavy atom. The summed E-state index contributed by atoms with van der Waals surface area (Å²) < 4.78 is 0. The van der Waals surface area contributed by atoms with E-state index in [1.54, 1.807) is 0 Å². The van der Waals surface area contributed by atoms with Crippen LogP contribution in [0.4, 0.5) is 0 Å². The molecule has 3 nitrogen and oxygen atoms in total. The van der Waals surface area contributed by atoms with Crippen LogP contribution in [0.15, 0.2) is 60.7 Å². The molecule has 2 aromatic carbocycles. The van der Waals surface area contributed by atoms with E-state index in [1.165, 1.54) is 11.1 Å². The van der Waals surface area contributed by atoms with Gasteiger partial charge in [-0.25, -0.2) is 0 Å². The molecule has 18 heavy (non-hydrogen) atoms. The van der Waals surface area contributed by atoms with Crippen molar-refractivity contribution in [3.8, 4) is 0 Å². The molecular formula is C15H14N2O. The molecule has 1 heterocycles. The standard InChI is InChI=1S/C15H14N2O/c18-14-11-17(16-14)15(12-7-3-1-4-8-12)13-9-5-2-6-10-13/h1-10,15H,11H2,(H,16,18).